The third kappa shape index (κ3) is 5.92. The number of hydrogen-bond donors (Lipinski definition) is 1. The fraction of sp³-hybridized carbons (Fsp3) is 0.0417. The first-order valence-corrected chi connectivity index (χ1v) is 17.0. The summed E-state index contributed by atoms with van der Waals surface area (Å²) in [7, 11) is 0. The molecule has 1 nitrogen and oxygen atoms in total. The van der Waals surface area contributed by atoms with Crippen LogP contribution >= 0.6 is 0 Å². The van der Waals surface area contributed by atoms with Crippen LogP contribution in [0.1, 0.15) is 45.2 Å². The summed E-state index contributed by atoms with van der Waals surface area (Å²) >= 11 is 0. The van der Waals surface area contributed by atoms with Crippen LogP contribution in [0.15, 0.2) is 200 Å². The summed E-state index contributed by atoms with van der Waals surface area (Å²) < 4.78 is 0. The highest BCUT2D eigenvalue weighted by Crippen LogP contribution is 2.47. The van der Waals surface area contributed by atoms with Crippen molar-refractivity contribution < 1.29 is 0 Å². The molecule has 0 saturated carbocycles. The lowest BCUT2D eigenvalue weighted by Crippen LogP contribution is -2.11. The molecule has 1 heteroatoms. The van der Waals surface area contributed by atoms with Gasteiger partial charge >= 0.3 is 0 Å². The predicted molar refractivity (Wildman–Crippen MR) is 207 cm³/mol. The molecule has 0 saturated heterocycles. The molecular weight excluding hydrogens is 591 g/mol. The molecular formula is C48H37N. The minimum absolute atomic E-state index is 0.00662. The second-order valence-electron chi connectivity index (χ2n) is 12.6. The lowest BCUT2D eigenvalue weighted by atomic mass is 9.76. The molecule has 0 fully saturated rings. The molecule has 0 aromatic heterocycles. The average Bonchev–Trinajstić information content (AvgIpc) is 3.18. The molecule has 0 amide bonds. The Bertz CT molecular complexity index is 2220. The standard InChI is InChI=1S/C48H37N/c49-48-44(46(39-23-12-4-13-24-39)40-25-14-5-15-26-40)33-43(45(37-19-8-2-9-20-37)38-21-10-3-11-22-38)42-28-16-27-41(47(42)48)36-31-29-35(30-32-36)34-17-6-1-7-18-34/h1-33,45-46H,49H2. The highest BCUT2D eigenvalue weighted by molar-refractivity contribution is 6.07. The van der Waals surface area contributed by atoms with Gasteiger partial charge in [-0.15, -0.1) is 0 Å². The normalized spacial score (nSPS) is 11.3. The minimum Gasteiger partial charge on any atom is -0.398 e. The van der Waals surface area contributed by atoms with Crippen molar-refractivity contribution in [2.45, 2.75) is 11.8 Å². The van der Waals surface area contributed by atoms with Gasteiger partial charge in [0.05, 0.1) is 0 Å². The molecule has 2 N–H and O–H groups in total. The van der Waals surface area contributed by atoms with Crippen LogP contribution in [0.4, 0.5) is 5.69 Å². The van der Waals surface area contributed by atoms with Gasteiger partial charge in [0, 0.05) is 22.9 Å². The molecule has 0 radical (unpaired) electrons. The van der Waals surface area contributed by atoms with E-state index in [1.165, 1.54) is 44.3 Å². The zero-order chi connectivity index (χ0) is 33.0. The molecule has 8 aromatic carbocycles. The van der Waals surface area contributed by atoms with Crippen LogP contribution in [0.5, 0.6) is 0 Å². The average molecular weight is 628 g/mol. The Hall–Kier alpha value is -6.18. The van der Waals surface area contributed by atoms with Crippen molar-refractivity contribution in [2.75, 3.05) is 5.73 Å². The molecule has 8 aromatic rings. The van der Waals surface area contributed by atoms with E-state index in [-0.39, 0.29) is 11.8 Å². The lowest BCUT2D eigenvalue weighted by Gasteiger charge is -2.27. The number of nitrogens with two attached hydrogens (primary N) is 1. The summed E-state index contributed by atoms with van der Waals surface area (Å²) in [5.74, 6) is -0.0431. The van der Waals surface area contributed by atoms with E-state index in [9.17, 15) is 0 Å². The maximum Gasteiger partial charge on any atom is 0.0442 e. The van der Waals surface area contributed by atoms with Crippen LogP contribution in [-0.2, 0) is 0 Å². The molecule has 8 rings (SSSR count). The Labute approximate surface area is 289 Å². The molecule has 0 aliphatic heterocycles. The Morgan fingerprint density at radius 1 is 0.327 bits per heavy atom. The molecule has 0 heterocycles. The smallest absolute Gasteiger partial charge is 0.0442 e. The summed E-state index contributed by atoms with van der Waals surface area (Å²) in [6, 6.07) is 71.8. The third-order valence-corrected chi connectivity index (χ3v) is 9.72. The van der Waals surface area contributed by atoms with Gasteiger partial charge in [0.2, 0.25) is 0 Å². The SMILES string of the molecule is Nc1c(C(c2ccccc2)c2ccccc2)cc(C(c2ccccc2)c2ccccc2)c2cccc(-c3ccc(-c4ccccc4)cc3)c12. The highest BCUT2D eigenvalue weighted by atomic mass is 14.6. The van der Waals surface area contributed by atoms with Gasteiger partial charge in [-0.05, 0) is 61.0 Å². The summed E-state index contributed by atoms with van der Waals surface area (Å²) in [4.78, 5) is 0. The Balaban J connectivity index is 1.44. The van der Waals surface area contributed by atoms with Crippen molar-refractivity contribution in [3.8, 4) is 22.3 Å². The van der Waals surface area contributed by atoms with Gasteiger partial charge in [0.15, 0.2) is 0 Å². The number of benzene rings is 8. The monoisotopic (exact) mass is 627 g/mol. The Morgan fingerprint density at radius 2 is 0.714 bits per heavy atom. The maximum atomic E-state index is 7.50. The topological polar surface area (TPSA) is 26.0 Å². The van der Waals surface area contributed by atoms with Crippen LogP contribution in [0, 0.1) is 0 Å². The van der Waals surface area contributed by atoms with Gasteiger partial charge < -0.3 is 5.73 Å². The van der Waals surface area contributed by atoms with E-state index >= 15 is 0 Å². The minimum atomic E-state index is -0.0498. The van der Waals surface area contributed by atoms with Gasteiger partial charge in [-0.1, -0.05) is 200 Å². The molecule has 0 aliphatic carbocycles. The fourth-order valence-corrected chi connectivity index (χ4v) is 7.43. The van der Waals surface area contributed by atoms with Crippen molar-refractivity contribution in [3.63, 3.8) is 0 Å². The van der Waals surface area contributed by atoms with Crippen molar-refractivity contribution in [2.24, 2.45) is 0 Å². The second-order valence-corrected chi connectivity index (χ2v) is 12.6. The van der Waals surface area contributed by atoms with Crippen LogP contribution in [0.2, 0.25) is 0 Å². The molecule has 0 spiro atoms. The van der Waals surface area contributed by atoms with E-state index in [1.54, 1.807) is 0 Å². The van der Waals surface area contributed by atoms with Gasteiger partial charge in [-0.25, -0.2) is 0 Å². The number of hydrogen-bond acceptors (Lipinski definition) is 1. The first-order chi connectivity index (χ1) is 24.3. The van der Waals surface area contributed by atoms with Crippen LogP contribution in [-0.4, -0.2) is 0 Å². The molecule has 0 unspecified atom stereocenters. The first-order valence-electron chi connectivity index (χ1n) is 17.0. The molecule has 0 atom stereocenters. The molecule has 234 valence electrons. The third-order valence-electron chi connectivity index (χ3n) is 9.72. The summed E-state index contributed by atoms with van der Waals surface area (Å²) in [6.45, 7) is 0. The quantitative estimate of drug-likeness (QED) is 0.132. The highest BCUT2D eigenvalue weighted by Gasteiger charge is 2.27. The largest absolute Gasteiger partial charge is 0.398 e. The summed E-state index contributed by atoms with van der Waals surface area (Å²) in [5, 5.41) is 2.26. The zero-order valence-electron chi connectivity index (χ0n) is 27.3. The lowest BCUT2D eigenvalue weighted by molar-refractivity contribution is 0.952. The Morgan fingerprint density at radius 3 is 1.18 bits per heavy atom. The van der Waals surface area contributed by atoms with E-state index in [0.29, 0.717) is 0 Å². The van der Waals surface area contributed by atoms with E-state index in [0.717, 1.165) is 27.8 Å². The number of anilines is 1. The van der Waals surface area contributed by atoms with Crippen molar-refractivity contribution in [3.05, 3.63) is 234 Å². The van der Waals surface area contributed by atoms with Crippen molar-refractivity contribution in [1.82, 2.24) is 0 Å². The number of rotatable bonds is 8. The van der Waals surface area contributed by atoms with E-state index in [1.807, 2.05) is 0 Å². The van der Waals surface area contributed by atoms with Gasteiger partial charge in [-0.3, -0.25) is 0 Å². The summed E-state index contributed by atoms with van der Waals surface area (Å²) in [5.41, 5.74) is 20.3. The van der Waals surface area contributed by atoms with Crippen LogP contribution in [0.3, 0.4) is 0 Å². The fourth-order valence-electron chi connectivity index (χ4n) is 7.43. The first kappa shape index (κ1) is 30.2. The van der Waals surface area contributed by atoms with E-state index in [4.69, 9.17) is 5.73 Å². The van der Waals surface area contributed by atoms with Gasteiger partial charge in [0.1, 0.15) is 0 Å². The van der Waals surface area contributed by atoms with E-state index in [2.05, 4.69) is 200 Å². The number of nitrogen functional groups attached to an aromatic ring is 1. The molecule has 0 bridgehead atoms. The maximum absolute atomic E-state index is 7.50. The van der Waals surface area contributed by atoms with Gasteiger partial charge in [0.25, 0.3) is 0 Å². The molecule has 0 aliphatic rings. The van der Waals surface area contributed by atoms with Crippen molar-refractivity contribution in [1.29, 1.82) is 0 Å². The predicted octanol–water partition coefficient (Wildman–Crippen LogP) is 12.1. The molecule has 49 heavy (non-hydrogen) atoms. The number of fused-ring (bicyclic) bond motifs is 1. The Kier molecular flexibility index (Phi) is 8.32. The van der Waals surface area contributed by atoms with E-state index < -0.39 is 0 Å². The summed E-state index contributed by atoms with van der Waals surface area (Å²) in [6.07, 6.45) is 0. The zero-order valence-corrected chi connectivity index (χ0v) is 27.3. The van der Waals surface area contributed by atoms with Crippen molar-refractivity contribution >= 4 is 16.5 Å². The van der Waals surface area contributed by atoms with Gasteiger partial charge in [-0.2, -0.15) is 0 Å². The second kappa shape index (κ2) is 13.5. The van der Waals surface area contributed by atoms with Crippen LogP contribution < -0.4 is 5.73 Å². The van der Waals surface area contributed by atoms with Crippen LogP contribution in [0.25, 0.3) is 33.0 Å².